The van der Waals surface area contributed by atoms with E-state index in [4.69, 9.17) is 4.74 Å². The van der Waals surface area contributed by atoms with Crippen LogP contribution in [-0.4, -0.2) is 48.9 Å². The maximum Gasteiger partial charge on any atom is 0.331 e. The summed E-state index contributed by atoms with van der Waals surface area (Å²) in [5.74, 6) is -1.24. The summed E-state index contributed by atoms with van der Waals surface area (Å²) in [5.41, 5.74) is 1.94. The Morgan fingerprint density at radius 2 is 2.08 bits per heavy atom. The number of amides is 2. The summed E-state index contributed by atoms with van der Waals surface area (Å²) in [5, 5.41) is 2.80. The van der Waals surface area contributed by atoms with Gasteiger partial charge >= 0.3 is 5.97 Å². The van der Waals surface area contributed by atoms with Crippen LogP contribution < -0.4 is 5.32 Å². The molecule has 25 heavy (non-hydrogen) atoms. The van der Waals surface area contributed by atoms with Crippen LogP contribution in [0.5, 0.6) is 0 Å². The van der Waals surface area contributed by atoms with Crippen molar-refractivity contribution in [3.05, 3.63) is 39.9 Å². The highest BCUT2D eigenvalue weighted by Crippen LogP contribution is 2.19. The van der Waals surface area contributed by atoms with Gasteiger partial charge in [-0.15, -0.1) is 0 Å². The van der Waals surface area contributed by atoms with E-state index in [9.17, 15) is 14.4 Å². The van der Waals surface area contributed by atoms with Crippen molar-refractivity contribution in [2.75, 3.05) is 20.2 Å². The molecular weight excluding hydrogens is 388 g/mol. The predicted octanol–water partition coefficient (Wildman–Crippen LogP) is 2.05. The number of nitrogens with one attached hydrogen (secondary N) is 1. The van der Waals surface area contributed by atoms with Crippen molar-refractivity contribution < 1.29 is 19.1 Å². The number of ether oxygens (including phenoxy) is 1. The zero-order valence-corrected chi connectivity index (χ0v) is 15.8. The van der Waals surface area contributed by atoms with Gasteiger partial charge < -0.3 is 15.0 Å². The maximum absolute atomic E-state index is 11.9. The van der Waals surface area contributed by atoms with E-state index in [1.807, 2.05) is 25.1 Å². The lowest BCUT2D eigenvalue weighted by Gasteiger charge is -2.16. The largest absolute Gasteiger partial charge is 0.452 e. The Kier molecular flexibility index (Phi) is 6.75. The summed E-state index contributed by atoms with van der Waals surface area (Å²) < 4.78 is 5.79. The molecule has 0 radical (unpaired) electrons. The van der Waals surface area contributed by atoms with E-state index in [1.165, 1.54) is 18.0 Å². The first-order valence-corrected chi connectivity index (χ1v) is 8.79. The van der Waals surface area contributed by atoms with E-state index in [0.717, 1.165) is 28.4 Å². The molecule has 1 aliphatic rings. The monoisotopic (exact) mass is 408 g/mol. The second-order valence-corrected chi connectivity index (χ2v) is 6.91. The van der Waals surface area contributed by atoms with Crippen LogP contribution in [0.3, 0.4) is 0 Å². The van der Waals surface area contributed by atoms with Crippen LogP contribution in [0.1, 0.15) is 24.0 Å². The number of nitrogens with zero attached hydrogens (tertiary/aromatic N) is 1. The molecule has 0 aliphatic heterocycles. The van der Waals surface area contributed by atoms with Gasteiger partial charge in [0.25, 0.3) is 5.91 Å². The summed E-state index contributed by atoms with van der Waals surface area (Å²) in [6.07, 6.45) is 4.86. The predicted molar refractivity (Wildman–Crippen MR) is 97.7 cm³/mol. The SMILES string of the molecule is Cc1ccc(/C=C/C(=O)OCC(=O)N(C)CC(=O)NC2CC2)c(Br)c1. The Labute approximate surface area is 155 Å². The van der Waals surface area contributed by atoms with Gasteiger partial charge in [-0.1, -0.05) is 28.1 Å². The normalized spacial score (nSPS) is 13.6. The number of esters is 1. The molecule has 1 fully saturated rings. The summed E-state index contributed by atoms with van der Waals surface area (Å²) >= 11 is 3.42. The third kappa shape index (κ3) is 6.70. The molecule has 0 spiro atoms. The highest BCUT2D eigenvalue weighted by atomic mass is 79.9. The van der Waals surface area contributed by atoms with Crippen molar-refractivity contribution in [2.45, 2.75) is 25.8 Å². The minimum absolute atomic E-state index is 0.0426. The zero-order valence-electron chi connectivity index (χ0n) is 14.3. The Morgan fingerprint density at radius 1 is 1.36 bits per heavy atom. The van der Waals surface area contributed by atoms with E-state index >= 15 is 0 Å². The standard InChI is InChI=1S/C18H21BrN2O4/c1-12-3-4-13(15(19)9-12)5-8-18(24)25-11-17(23)21(2)10-16(22)20-14-6-7-14/h3-5,8-9,14H,6-7,10-11H2,1-2H3,(H,20,22)/b8-5+. The molecule has 2 amide bonds. The number of hydrogen-bond donors (Lipinski definition) is 1. The van der Waals surface area contributed by atoms with Crippen LogP contribution in [0, 0.1) is 6.92 Å². The zero-order chi connectivity index (χ0) is 18.4. The van der Waals surface area contributed by atoms with Gasteiger partial charge in [-0.3, -0.25) is 9.59 Å². The summed E-state index contributed by atoms with van der Waals surface area (Å²) in [6, 6.07) is 6.00. The minimum Gasteiger partial charge on any atom is -0.452 e. The summed E-state index contributed by atoms with van der Waals surface area (Å²) in [7, 11) is 1.50. The van der Waals surface area contributed by atoms with Crippen molar-refractivity contribution in [3.63, 3.8) is 0 Å². The number of rotatable bonds is 7. The molecule has 2 rings (SSSR count). The van der Waals surface area contributed by atoms with Crippen LogP contribution in [0.25, 0.3) is 6.08 Å². The Balaban J connectivity index is 1.75. The van der Waals surface area contributed by atoms with E-state index < -0.39 is 18.5 Å². The first-order chi connectivity index (χ1) is 11.8. The molecule has 6 nitrogen and oxygen atoms in total. The number of hydrogen-bond acceptors (Lipinski definition) is 4. The number of likely N-dealkylation sites (N-methyl/N-ethyl adjacent to an activating group) is 1. The van der Waals surface area contributed by atoms with Gasteiger partial charge in [-0.2, -0.15) is 0 Å². The van der Waals surface area contributed by atoms with Gasteiger partial charge in [0.15, 0.2) is 6.61 Å². The van der Waals surface area contributed by atoms with Crippen molar-refractivity contribution in [1.82, 2.24) is 10.2 Å². The molecule has 7 heteroatoms. The first-order valence-electron chi connectivity index (χ1n) is 7.99. The quantitative estimate of drug-likeness (QED) is 0.553. The van der Waals surface area contributed by atoms with Crippen molar-refractivity contribution in [3.8, 4) is 0 Å². The van der Waals surface area contributed by atoms with Gasteiger partial charge in [-0.25, -0.2) is 4.79 Å². The van der Waals surface area contributed by atoms with E-state index in [1.54, 1.807) is 6.08 Å². The summed E-state index contributed by atoms with van der Waals surface area (Å²) in [6.45, 7) is 1.53. The van der Waals surface area contributed by atoms with E-state index in [0.29, 0.717) is 0 Å². The summed E-state index contributed by atoms with van der Waals surface area (Å²) in [4.78, 5) is 36.5. The van der Waals surface area contributed by atoms with Crippen molar-refractivity contribution in [2.24, 2.45) is 0 Å². The molecule has 1 aromatic carbocycles. The number of carbonyl (C=O) groups excluding carboxylic acids is 3. The van der Waals surface area contributed by atoms with Crippen molar-refractivity contribution >= 4 is 39.8 Å². The van der Waals surface area contributed by atoms with Crippen molar-refractivity contribution in [1.29, 1.82) is 0 Å². The maximum atomic E-state index is 11.9. The minimum atomic E-state index is -0.614. The molecule has 0 heterocycles. The molecule has 134 valence electrons. The molecule has 1 aliphatic carbocycles. The molecule has 0 aromatic heterocycles. The molecule has 0 bridgehead atoms. The Hall–Kier alpha value is -2.15. The number of aryl methyl sites for hydroxylation is 1. The molecule has 0 unspecified atom stereocenters. The Morgan fingerprint density at radius 3 is 2.72 bits per heavy atom. The van der Waals surface area contributed by atoms with E-state index in [-0.39, 0.29) is 18.5 Å². The van der Waals surface area contributed by atoms with Gasteiger partial charge in [-0.05, 0) is 43.0 Å². The molecule has 1 N–H and O–H groups in total. The highest BCUT2D eigenvalue weighted by molar-refractivity contribution is 9.10. The first kappa shape index (κ1) is 19.2. The lowest BCUT2D eigenvalue weighted by Crippen LogP contribution is -2.40. The lowest BCUT2D eigenvalue weighted by atomic mass is 10.1. The van der Waals surface area contributed by atoms with Crippen LogP contribution in [-0.2, 0) is 19.1 Å². The molecule has 1 saturated carbocycles. The second-order valence-electron chi connectivity index (χ2n) is 6.06. The molecule has 0 saturated heterocycles. The fourth-order valence-electron chi connectivity index (χ4n) is 2.02. The van der Waals surface area contributed by atoms with Gasteiger partial charge in [0.05, 0.1) is 6.54 Å². The lowest BCUT2D eigenvalue weighted by molar-refractivity contribution is -0.148. The third-order valence-electron chi connectivity index (χ3n) is 3.64. The Bertz CT molecular complexity index is 698. The second kappa shape index (κ2) is 8.80. The topological polar surface area (TPSA) is 75.7 Å². The number of carbonyl (C=O) groups is 3. The number of benzene rings is 1. The van der Waals surface area contributed by atoms with Crippen LogP contribution in [0.4, 0.5) is 0 Å². The fourth-order valence-corrected chi connectivity index (χ4v) is 2.65. The molecular formula is C18H21BrN2O4. The van der Waals surface area contributed by atoms with Gasteiger partial charge in [0.2, 0.25) is 5.91 Å². The van der Waals surface area contributed by atoms with E-state index in [2.05, 4.69) is 21.2 Å². The van der Waals surface area contributed by atoms with Gasteiger partial charge in [0.1, 0.15) is 0 Å². The van der Waals surface area contributed by atoms with Crippen LogP contribution in [0.2, 0.25) is 0 Å². The highest BCUT2D eigenvalue weighted by Gasteiger charge is 2.24. The smallest absolute Gasteiger partial charge is 0.331 e. The van der Waals surface area contributed by atoms with Crippen LogP contribution >= 0.6 is 15.9 Å². The average Bonchev–Trinajstić information content (AvgIpc) is 3.35. The average molecular weight is 409 g/mol. The van der Waals surface area contributed by atoms with Gasteiger partial charge in [0, 0.05) is 23.6 Å². The molecule has 1 aromatic rings. The number of halogens is 1. The van der Waals surface area contributed by atoms with Crippen LogP contribution in [0.15, 0.2) is 28.7 Å². The third-order valence-corrected chi connectivity index (χ3v) is 4.33. The fraction of sp³-hybridized carbons (Fsp3) is 0.389. The molecule has 0 atom stereocenters.